The van der Waals surface area contributed by atoms with Crippen LogP contribution in [0.4, 0.5) is 38.3 Å². The first-order valence-corrected chi connectivity index (χ1v) is 11.4. The van der Waals surface area contributed by atoms with Crippen LogP contribution in [0.5, 0.6) is 5.75 Å². The minimum absolute atomic E-state index is 0.120. The van der Waals surface area contributed by atoms with Crippen LogP contribution in [0, 0.1) is 24.7 Å². The third-order valence-electron chi connectivity index (χ3n) is 6.94. The van der Waals surface area contributed by atoms with E-state index in [0.717, 1.165) is 19.4 Å². The highest BCUT2D eigenvalue weighted by atomic mass is 19.4. The molecule has 2 aliphatic rings. The van der Waals surface area contributed by atoms with Gasteiger partial charge in [-0.1, -0.05) is 18.4 Å². The molecule has 0 radical (unpaired) electrons. The monoisotopic (exact) mass is 519 g/mol. The van der Waals surface area contributed by atoms with Gasteiger partial charge in [0.25, 0.3) is 0 Å². The van der Waals surface area contributed by atoms with Crippen LogP contribution in [0.15, 0.2) is 16.5 Å². The van der Waals surface area contributed by atoms with Crippen LogP contribution in [0.1, 0.15) is 31.9 Å². The molecule has 0 aromatic carbocycles. The number of aryl methyl sites for hydroxylation is 1. The molecule has 3 aromatic heterocycles. The number of nitrogens with zero attached hydrogens (tertiary/aromatic N) is 6. The molecule has 2 fully saturated rings. The van der Waals surface area contributed by atoms with Crippen molar-refractivity contribution in [1.82, 2.24) is 24.8 Å². The summed E-state index contributed by atoms with van der Waals surface area (Å²) in [6.45, 7) is 5.77. The first-order valence-electron chi connectivity index (χ1n) is 11.4. The maximum absolute atomic E-state index is 13.6. The SMILES string of the molecule is CC[C@@H]1C2CN(c3nnc(C)o3)C[C@H]2[C@@H]1Nc1nc2c(O[C@H](C)C(F)(F)F)ccc(C(F)(F)F)n2n1. The largest absolute Gasteiger partial charge is 0.477 e. The number of pyridine rings is 1. The Hall–Kier alpha value is -3.26. The summed E-state index contributed by atoms with van der Waals surface area (Å²) in [6.07, 6.45) is -11.0. The third-order valence-corrected chi connectivity index (χ3v) is 6.94. The van der Waals surface area contributed by atoms with Gasteiger partial charge >= 0.3 is 18.4 Å². The average Bonchev–Trinajstić information content (AvgIpc) is 3.48. The quantitative estimate of drug-likeness (QED) is 0.481. The first kappa shape index (κ1) is 24.4. The summed E-state index contributed by atoms with van der Waals surface area (Å²) in [5.74, 6) is 0.471. The van der Waals surface area contributed by atoms with Crippen molar-refractivity contribution in [1.29, 1.82) is 0 Å². The molecule has 5 atom stereocenters. The molecule has 1 saturated carbocycles. The molecule has 1 aliphatic carbocycles. The minimum atomic E-state index is -4.81. The predicted molar refractivity (Wildman–Crippen MR) is 114 cm³/mol. The molecule has 3 aromatic rings. The lowest BCUT2D eigenvalue weighted by molar-refractivity contribution is -0.189. The number of hydrogen-bond acceptors (Lipinski definition) is 8. The Morgan fingerprint density at radius 2 is 1.86 bits per heavy atom. The lowest BCUT2D eigenvalue weighted by atomic mass is 9.61. The molecule has 1 aliphatic heterocycles. The Morgan fingerprint density at radius 3 is 2.47 bits per heavy atom. The fourth-order valence-corrected chi connectivity index (χ4v) is 5.18. The number of nitrogens with one attached hydrogen (secondary N) is 1. The van der Waals surface area contributed by atoms with Gasteiger partial charge in [-0.05, 0) is 30.9 Å². The molecule has 4 heterocycles. The maximum atomic E-state index is 13.6. The van der Waals surface area contributed by atoms with Crippen molar-refractivity contribution in [2.45, 2.75) is 51.7 Å². The van der Waals surface area contributed by atoms with E-state index in [2.05, 4.69) is 25.6 Å². The van der Waals surface area contributed by atoms with E-state index in [9.17, 15) is 26.3 Å². The van der Waals surface area contributed by atoms with Gasteiger partial charge in [0.15, 0.2) is 17.5 Å². The lowest BCUT2D eigenvalue weighted by Crippen LogP contribution is -2.54. The highest BCUT2D eigenvalue weighted by molar-refractivity contribution is 5.57. The minimum Gasteiger partial charge on any atom is -0.477 e. The molecule has 15 heteroatoms. The zero-order valence-corrected chi connectivity index (χ0v) is 19.4. The van der Waals surface area contributed by atoms with Gasteiger partial charge in [-0.15, -0.1) is 10.2 Å². The van der Waals surface area contributed by atoms with Crippen LogP contribution in [-0.2, 0) is 6.18 Å². The summed E-state index contributed by atoms with van der Waals surface area (Å²) in [7, 11) is 0. The maximum Gasteiger partial charge on any atom is 0.433 e. The Balaban J connectivity index is 1.43. The highest BCUT2D eigenvalue weighted by Gasteiger charge is 2.55. The predicted octanol–water partition coefficient (Wildman–Crippen LogP) is 4.34. The van der Waals surface area contributed by atoms with E-state index in [-0.39, 0.29) is 23.8 Å². The van der Waals surface area contributed by atoms with Crippen LogP contribution < -0.4 is 15.0 Å². The van der Waals surface area contributed by atoms with Crippen molar-refractivity contribution in [2.24, 2.45) is 17.8 Å². The van der Waals surface area contributed by atoms with E-state index in [1.165, 1.54) is 0 Å². The van der Waals surface area contributed by atoms with Crippen LogP contribution >= 0.6 is 0 Å². The number of fused-ring (bicyclic) bond motifs is 2. The second-order valence-electron chi connectivity index (χ2n) is 9.13. The zero-order valence-electron chi connectivity index (χ0n) is 19.4. The Morgan fingerprint density at radius 1 is 1.14 bits per heavy atom. The molecular formula is C21H23F6N7O2. The van der Waals surface area contributed by atoms with Crippen LogP contribution in [0.2, 0.25) is 0 Å². The van der Waals surface area contributed by atoms with Gasteiger partial charge in [-0.25, -0.2) is 4.52 Å². The summed E-state index contributed by atoms with van der Waals surface area (Å²) >= 11 is 0. The number of rotatable bonds is 6. The molecule has 5 rings (SSSR count). The third kappa shape index (κ3) is 4.17. The molecule has 0 amide bonds. The smallest absolute Gasteiger partial charge is 0.433 e. The molecule has 36 heavy (non-hydrogen) atoms. The van der Waals surface area contributed by atoms with E-state index < -0.39 is 35.5 Å². The van der Waals surface area contributed by atoms with Crippen LogP contribution in [-0.4, -0.2) is 56.2 Å². The van der Waals surface area contributed by atoms with Gasteiger partial charge in [0.2, 0.25) is 11.8 Å². The second kappa shape index (κ2) is 8.40. The fraction of sp³-hybridized carbons (Fsp3) is 0.619. The first-order chi connectivity index (χ1) is 16.9. The van der Waals surface area contributed by atoms with E-state index in [1.807, 2.05) is 11.8 Å². The Bertz CT molecular complexity index is 1260. The number of hydrogen-bond donors (Lipinski definition) is 1. The number of halogens is 6. The Kier molecular flexibility index (Phi) is 5.70. The molecule has 9 nitrogen and oxygen atoms in total. The molecule has 196 valence electrons. The van der Waals surface area contributed by atoms with Crippen molar-refractivity contribution in [3.63, 3.8) is 0 Å². The van der Waals surface area contributed by atoms with Gasteiger partial charge < -0.3 is 19.4 Å². The summed E-state index contributed by atoms with van der Waals surface area (Å²) in [5, 5.41) is 15.0. The number of anilines is 2. The summed E-state index contributed by atoms with van der Waals surface area (Å²) < 4.78 is 90.7. The summed E-state index contributed by atoms with van der Waals surface area (Å²) in [5.41, 5.74) is -1.64. The molecular weight excluding hydrogens is 496 g/mol. The van der Waals surface area contributed by atoms with Gasteiger partial charge in [-0.2, -0.15) is 31.3 Å². The second-order valence-corrected chi connectivity index (χ2v) is 9.13. The van der Waals surface area contributed by atoms with Crippen molar-refractivity contribution >= 4 is 17.6 Å². The van der Waals surface area contributed by atoms with Gasteiger partial charge in [0.05, 0.1) is 0 Å². The van der Waals surface area contributed by atoms with E-state index in [4.69, 9.17) is 9.15 Å². The number of alkyl halides is 6. The van der Waals surface area contributed by atoms with Gasteiger partial charge in [-0.3, -0.25) is 0 Å². The van der Waals surface area contributed by atoms with E-state index >= 15 is 0 Å². The lowest BCUT2D eigenvalue weighted by Gasteiger charge is -2.47. The number of ether oxygens (including phenoxy) is 1. The van der Waals surface area contributed by atoms with Crippen molar-refractivity contribution in [3.05, 3.63) is 23.7 Å². The standard InChI is InChI=1S/C21H23F6N7O2/c1-4-11-12-7-33(19-31-30-10(3)36-19)8-13(12)16(11)28-18-29-17-14(35-9(2)20(22,23)24)5-6-15(21(25,26)27)34(17)32-18/h5-6,9,11-13,16H,4,7-8H2,1-3H3,(H,28,32)/t9-,11-,12?,13-,16-/m1/s1. The van der Waals surface area contributed by atoms with Crippen LogP contribution in [0.3, 0.4) is 0 Å². The fourth-order valence-electron chi connectivity index (χ4n) is 5.18. The average molecular weight is 519 g/mol. The highest BCUT2D eigenvalue weighted by Crippen LogP contribution is 2.49. The molecule has 1 N–H and O–H groups in total. The normalized spacial score (nSPS) is 25.1. The molecule has 0 spiro atoms. The summed E-state index contributed by atoms with van der Waals surface area (Å²) in [4.78, 5) is 6.08. The van der Waals surface area contributed by atoms with Crippen molar-refractivity contribution < 1.29 is 35.5 Å². The molecule has 1 saturated heterocycles. The Labute approximate surface area is 200 Å². The van der Waals surface area contributed by atoms with Crippen molar-refractivity contribution in [2.75, 3.05) is 23.3 Å². The van der Waals surface area contributed by atoms with Gasteiger partial charge in [0, 0.05) is 32.0 Å². The molecule has 0 bridgehead atoms. The zero-order chi connectivity index (χ0) is 26.0. The van der Waals surface area contributed by atoms with E-state index in [1.54, 1.807) is 6.92 Å². The topological polar surface area (TPSA) is 93.6 Å². The van der Waals surface area contributed by atoms with Gasteiger partial charge in [0.1, 0.15) is 5.69 Å². The van der Waals surface area contributed by atoms with Crippen LogP contribution in [0.25, 0.3) is 5.65 Å². The number of aromatic nitrogens is 5. The van der Waals surface area contributed by atoms with Crippen molar-refractivity contribution in [3.8, 4) is 5.75 Å². The molecule has 1 unspecified atom stereocenters. The van der Waals surface area contributed by atoms with E-state index in [0.29, 0.717) is 41.5 Å². The summed E-state index contributed by atoms with van der Waals surface area (Å²) in [6, 6.07) is 1.71.